The number of ether oxygens (including phenoxy) is 1. The van der Waals surface area contributed by atoms with Crippen molar-refractivity contribution >= 4 is 12.1 Å². The number of rotatable bonds is 9. The van der Waals surface area contributed by atoms with Crippen LogP contribution < -0.4 is 10.1 Å². The molecule has 0 aromatic heterocycles. The summed E-state index contributed by atoms with van der Waals surface area (Å²) in [5, 5.41) is 6.39. The van der Waals surface area contributed by atoms with E-state index in [4.69, 9.17) is 9.57 Å². The molecule has 0 spiro atoms. The summed E-state index contributed by atoms with van der Waals surface area (Å²) in [5.74, 6) is 0.569. The SMILES string of the molecule is CCCCCNC(=O)/C=N/OCc1ccc(OC)cc1. The van der Waals surface area contributed by atoms with E-state index in [1.165, 1.54) is 0 Å². The molecular weight excluding hydrogens is 256 g/mol. The van der Waals surface area contributed by atoms with Crippen LogP contribution in [-0.2, 0) is 16.2 Å². The third-order valence-corrected chi connectivity index (χ3v) is 2.71. The fourth-order valence-corrected chi connectivity index (χ4v) is 1.55. The van der Waals surface area contributed by atoms with Gasteiger partial charge in [-0.2, -0.15) is 0 Å². The van der Waals surface area contributed by atoms with Crippen LogP contribution in [0.2, 0.25) is 0 Å². The van der Waals surface area contributed by atoms with Crippen LogP contribution in [0.4, 0.5) is 0 Å². The van der Waals surface area contributed by atoms with Crippen molar-refractivity contribution in [1.29, 1.82) is 0 Å². The van der Waals surface area contributed by atoms with Crippen molar-refractivity contribution < 1.29 is 14.4 Å². The largest absolute Gasteiger partial charge is 0.497 e. The number of carbonyl (C=O) groups excluding carboxylic acids is 1. The van der Waals surface area contributed by atoms with Gasteiger partial charge < -0.3 is 14.9 Å². The highest BCUT2D eigenvalue weighted by Crippen LogP contribution is 2.11. The van der Waals surface area contributed by atoms with E-state index in [1.54, 1.807) is 7.11 Å². The van der Waals surface area contributed by atoms with Gasteiger partial charge in [0.15, 0.2) is 0 Å². The molecule has 0 aliphatic carbocycles. The third kappa shape index (κ3) is 6.78. The van der Waals surface area contributed by atoms with E-state index in [-0.39, 0.29) is 5.91 Å². The van der Waals surface area contributed by atoms with Gasteiger partial charge in [0.1, 0.15) is 18.6 Å². The van der Waals surface area contributed by atoms with E-state index in [9.17, 15) is 4.79 Å². The Morgan fingerprint density at radius 3 is 2.70 bits per heavy atom. The fourth-order valence-electron chi connectivity index (χ4n) is 1.55. The zero-order chi connectivity index (χ0) is 14.6. The molecule has 0 atom stereocenters. The first-order chi connectivity index (χ1) is 9.76. The minimum absolute atomic E-state index is 0.226. The topological polar surface area (TPSA) is 59.9 Å². The number of benzene rings is 1. The number of amides is 1. The maximum Gasteiger partial charge on any atom is 0.265 e. The van der Waals surface area contributed by atoms with Crippen LogP contribution >= 0.6 is 0 Å². The molecule has 0 fully saturated rings. The molecule has 0 aliphatic rings. The van der Waals surface area contributed by atoms with Gasteiger partial charge in [-0.05, 0) is 24.1 Å². The zero-order valence-electron chi connectivity index (χ0n) is 12.1. The Bertz CT molecular complexity index is 416. The second kappa shape index (κ2) is 9.83. The lowest BCUT2D eigenvalue weighted by molar-refractivity contribution is -0.114. The normalized spacial score (nSPS) is 10.5. The summed E-state index contributed by atoms with van der Waals surface area (Å²) >= 11 is 0. The minimum atomic E-state index is -0.226. The number of hydrogen-bond donors (Lipinski definition) is 1. The Labute approximate surface area is 120 Å². The molecule has 0 aliphatic heterocycles. The third-order valence-electron chi connectivity index (χ3n) is 2.71. The van der Waals surface area contributed by atoms with Crippen LogP contribution in [0.3, 0.4) is 0 Å². The first kappa shape index (κ1) is 16.0. The quantitative estimate of drug-likeness (QED) is 0.429. The maximum absolute atomic E-state index is 11.3. The molecule has 110 valence electrons. The molecule has 0 radical (unpaired) electrons. The van der Waals surface area contributed by atoms with Gasteiger partial charge in [-0.15, -0.1) is 0 Å². The molecule has 1 rings (SSSR count). The monoisotopic (exact) mass is 278 g/mol. The number of methoxy groups -OCH3 is 1. The molecule has 0 saturated carbocycles. The average molecular weight is 278 g/mol. The highest BCUT2D eigenvalue weighted by molar-refractivity contribution is 6.26. The number of unbranched alkanes of at least 4 members (excludes halogenated alkanes) is 2. The van der Waals surface area contributed by atoms with Gasteiger partial charge in [0.2, 0.25) is 0 Å². The Kier molecular flexibility index (Phi) is 7.87. The van der Waals surface area contributed by atoms with Crippen molar-refractivity contribution in [2.45, 2.75) is 32.8 Å². The lowest BCUT2D eigenvalue weighted by Gasteiger charge is -2.02. The first-order valence-electron chi connectivity index (χ1n) is 6.82. The highest BCUT2D eigenvalue weighted by Gasteiger charge is 1.96. The molecule has 5 nitrogen and oxygen atoms in total. The van der Waals surface area contributed by atoms with Gasteiger partial charge >= 0.3 is 0 Å². The average Bonchev–Trinajstić information content (AvgIpc) is 2.49. The second-order valence-corrected chi connectivity index (χ2v) is 4.35. The number of carbonyl (C=O) groups is 1. The molecular formula is C15H22N2O3. The number of hydrogen-bond acceptors (Lipinski definition) is 4. The Hall–Kier alpha value is -2.04. The van der Waals surface area contributed by atoms with E-state index < -0.39 is 0 Å². The van der Waals surface area contributed by atoms with E-state index >= 15 is 0 Å². The van der Waals surface area contributed by atoms with E-state index in [2.05, 4.69) is 17.4 Å². The number of oxime groups is 1. The van der Waals surface area contributed by atoms with E-state index in [0.717, 1.165) is 36.8 Å². The number of nitrogens with one attached hydrogen (secondary N) is 1. The van der Waals surface area contributed by atoms with Crippen LogP contribution in [-0.4, -0.2) is 25.8 Å². The predicted octanol–water partition coefficient (Wildman–Crippen LogP) is 2.50. The molecule has 0 unspecified atom stereocenters. The molecule has 1 amide bonds. The standard InChI is InChI=1S/C15H22N2O3/c1-3-4-5-10-16-15(18)11-17-20-12-13-6-8-14(19-2)9-7-13/h6-9,11H,3-5,10,12H2,1-2H3,(H,16,18)/b17-11+. The Balaban J connectivity index is 2.18. The van der Waals surface area contributed by atoms with Gasteiger partial charge in [-0.3, -0.25) is 4.79 Å². The minimum Gasteiger partial charge on any atom is -0.497 e. The van der Waals surface area contributed by atoms with Crippen molar-refractivity contribution in [1.82, 2.24) is 5.32 Å². The van der Waals surface area contributed by atoms with E-state index in [1.807, 2.05) is 24.3 Å². The van der Waals surface area contributed by atoms with Gasteiger partial charge in [-0.1, -0.05) is 37.1 Å². The van der Waals surface area contributed by atoms with Crippen molar-refractivity contribution in [3.05, 3.63) is 29.8 Å². The molecule has 1 N–H and O–H groups in total. The summed E-state index contributed by atoms with van der Waals surface area (Å²) in [6.45, 7) is 3.12. The van der Waals surface area contributed by atoms with Crippen molar-refractivity contribution in [3.63, 3.8) is 0 Å². The summed E-state index contributed by atoms with van der Waals surface area (Å²) in [6, 6.07) is 7.48. The van der Waals surface area contributed by atoms with Gasteiger partial charge in [0, 0.05) is 6.54 Å². The van der Waals surface area contributed by atoms with Crippen LogP contribution in [0.15, 0.2) is 29.4 Å². The van der Waals surface area contributed by atoms with Gasteiger partial charge in [-0.25, -0.2) is 0 Å². The Morgan fingerprint density at radius 2 is 2.05 bits per heavy atom. The smallest absolute Gasteiger partial charge is 0.265 e. The maximum atomic E-state index is 11.3. The van der Waals surface area contributed by atoms with Crippen LogP contribution in [0.5, 0.6) is 5.75 Å². The van der Waals surface area contributed by atoms with E-state index in [0.29, 0.717) is 13.2 Å². The molecule has 0 saturated heterocycles. The molecule has 0 bridgehead atoms. The predicted molar refractivity (Wildman–Crippen MR) is 78.8 cm³/mol. The van der Waals surface area contributed by atoms with Gasteiger partial charge in [0.25, 0.3) is 5.91 Å². The van der Waals surface area contributed by atoms with Crippen LogP contribution in [0, 0.1) is 0 Å². The first-order valence-corrected chi connectivity index (χ1v) is 6.82. The van der Waals surface area contributed by atoms with Crippen LogP contribution in [0.1, 0.15) is 31.7 Å². The summed E-state index contributed by atoms with van der Waals surface area (Å²) in [4.78, 5) is 16.4. The molecule has 1 aromatic rings. The summed E-state index contributed by atoms with van der Waals surface area (Å²) in [5.41, 5.74) is 0.964. The van der Waals surface area contributed by atoms with Gasteiger partial charge in [0.05, 0.1) is 7.11 Å². The number of nitrogens with zero attached hydrogens (tertiary/aromatic N) is 1. The highest BCUT2D eigenvalue weighted by atomic mass is 16.6. The summed E-state index contributed by atoms with van der Waals surface area (Å²) < 4.78 is 5.06. The summed E-state index contributed by atoms with van der Waals surface area (Å²) in [6.07, 6.45) is 4.40. The lowest BCUT2D eigenvalue weighted by atomic mass is 10.2. The molecule has 1 aromatic carbocycles. The Morgan fingerprint density at radius 1 is 1.30 bits per heavy atom. The molecule has 0 heterocycles. The molecule has 5 heteroatoms. The lowest BCUT2D eigenvalue weighted by Crippen LogP contribution is -2.25. The zero-order valence-corrected chi connectivity index (χ0v) is 12.1. The molecule has 20 heavy (non-hydrogen) atoms. The fraction of sp³-hybridized carbons (Fsp3) is 0.467. The van der Waals surface area contributed by atoms with Crippen molar-refractivity contribution in [3.8, 4) is 5.75 Å². The van der Waals surface area contributed by atoms with Crippen molar-refractivity contribution in [2.75, 3.05) is 13.7 Å². The second-order valence-electron chi connectivity index (χ2n) is 4.35. The van der Waals surface area contributed by atoms with Crippen molar-refractivity contribution in [2.24, 2.45) is 5.16 Å². The van der Waals surface area contributed by atoms with Crippen LogP contribution in [0.25, 0.3) is 0 Å². The summed E-state index contributed by atoms with van der Waals surface area (Å²) in [7, 11) is 1.62.